The first-order chi connectivity index (χ1) is 8.40. The lowest BCUT2D eigenvalue weighted by atomic mass is 10.0. The minimum absolute atomic E-state index is 0.348. The molecule has 0 spiro atoms. The molecule has 2 aromatic carbocycles. The average Bonchev–Trinajstić information content (AvgIpc) is 2.75. The molecule has 0 radical (unpaired) electrons. The van der Waals surface area contributed by atoms with E-state index in [-0.39, 0.29) is 0 Å². The number of hydrogen-bond acceptors (Lipinski definition) is 2. The van der Waals surface area contributed by atoms with Crippen LogP contribution in [0.4, 0.5) is 0 Å². The molecule has 0 N–H and O–H groups in total. The van der Waals surface area contributed by atoms with E-state index in [2.05, 4.69) is 24.3 Å². The van der Waals surface area contributed by atoms with Gasteiger partial charge < -0.3 is 4.74 Å². The van der Waals surface area contributed by atoms with Crippen molar-refractivity contribution in [3.8, 4) is 11.1 Å². The van der Waals surface area contributed by atoms with Crippen LogP contribution < -0.4 is 0 Å². The molecule has 0 saturated heterocycles. The van der Waals surface area contributed by atoms with E-state index in [1.54, 1.807) is 0 Å². The third kappa shape index (κ3) is 1.62. The minimum Gasteiger partial charge on any atom is -0.463 e. The molecule has 0 atom stereocenters. The lowest BCUT2D eigenvalue weighted by Crippen LogP contribution is -1.94. The Kier molecular flexibility index (Phi) is 2.41. The van der Waals surface area contributed by atoms with Crippen molar-refractivity contribution >= 4 is 6.47 Å². The maximum Gasteiger partial charge on any atom is 0.293 e. The van der Waals surface area contributed by atoms with Gasteiger partial charge in [0.1, 0.15) is 6.61 Å². The summed E-state index contributed by atoms with van der Waals surface area (Å²) in [5.41, 5.74) is 6.26. The SMILES string of the molecule is O=COCc1cccc2c1-c1ccccc1C2. The summed E-state index contributed by atoms with van der Waals surface area (Å²) in [6, 6.07) is 14.6. The van der Waals surface area contributed by atoms with Crippen LogP contribution in [0, 0.1) is 0 Å². The fourth-order valence-corrected chi connectivity index (χ4v) is 2.51. The number of fused-ring (bicyclic) bond motifs is 3. The highest BCUT2D eigenvalue weighted by Gasteiger charge is 2.20. The lowest BCUT2D eigenvalue weighted by molar-refractivity contribution is -0.129. The van der Waals surface area contributed by atoms with E-state index in [9.17, 15) is 4.79 Å². The van der Waals surface area contributed by atoms with Crippen molar-refractivity contribution in [2.45, 2.75) is 13.0 Å². The average molecular weight is 224 g/mol. The van der Waals surface area contributed by atoms with Crippen LogP contribution >= 0.6 is 0 Å². The molecule has 84 valence electrons. The minimum atomic E-state index is 0.348. The van der Waals surface area contributed by atoms with Crippen LogP contribution in [0.25, 0.3) is 11.1 Å². The summed E-state index contributed by atoms with van der Waals surface area (Å²) in [7, 11) is 0. The van der Waals surface area contributed by atoms with Gasteiger partial charge in [-0.1, -0.05) is 42.5 Å². The van der Waals surface area contributed by atoms with Crippen molar-refractivity contribution < 1.29 is 9.53 Å². The Balaban J connectivity index is 2.12. The zero-order chi connectivity index (χ0) is 11.7. The van der Waals surface area contributed by atoms with E-state index >= 15 is 0 Å². The maximum absolute atomic E-state index is 10.3. The first-order valence-electron chi connectivity index (χ1n) is 5.64. The van der Waals surface area contributed by atoms with Gasteiger partial charge in [-0.3, -0.25) is 4.79 Å². The van der Waals surface area contributed by atoms with Gasteiger partial charge in [0.15, 0.2) is 0 Å². The number of ether oxygens (including phenoxy) is 1. The molecule has 0 bridgehead atoms. The highest BCUT2D eigenvalue weighted by atomic mass is 16.5. The summed E-state index contributed by atoms with van der Waals surface area (Å²) < 4.78 is 4.88. The molecule has 2 aromatic rings. The fourth-order valence-electron chi connectivity index (χ4n) is 2.51. The van der Waals surface area contributed by atoms with Gasteiger partial charge in [0.05, 0.1) is 0 Å². The number of rotatable bonds is 3. The van der Waals surface area contributed by atoms with Crippen molar-refractivity contribution in [2.75, 3.05) is 0 Å². The molecule has 0 unspecified atom stereocenters. The summed E-state index contributed by atoms with van der Waals surface area (Å²) in [5.74, 6) is 0. The van der Waals surface area contributed by atoms with E-state index in [1.807, 2.05) is 18.2 Å². The van der Waals surface area contributed by atoms with Crippen LogP contribution in [0.5, 0.6) is 0 Å². The van der Waals surface area contributed by atoms with Crippen molar-refractivity contribution in [1.82, 2.24) is 0 Å². The largest absolute Gasteiger partial charge is 0.463 e. The van der Waals surface area contributed by atoms with Crippen LogP contribution in [0.3, 0.4) is 0 Å². The van der Waals surface area contributed by atoms with Gasteiger partial charge in [-0.05, 0) is 34.2 Å². The molecule has 17 heavy (non-hydrogen) atoms. The zero-order valence-electron chi connectivity index (χ0n) is 9.35. The third-order valence-electron chi connectivity index (χ3n) is 3.21. The predicted molar refractivity (Wildman–Crippen MR) is 65.5 cm³/mol. The summed E-state index contributed by atoms with van der Waals surface area (Å²) in [6.45, 7) is 0.848. The van der Waals surface area contributed by atoms with Gasteiger partial charge in [-0.25, -0.2) is 0 Å². The van der Waals surface area contributed by atoms with Gasteiger partial charge in [0.25, 0.3) is 6.47 Å². The van der Waals surface area contributed by atoms with Gasteiger partial charge in [-0.2, -0.15) is 0 Å². The molecule has 2 nitrogen and oxygen atoms in total. The molecule has 0 aliphatic heterocycles. The Bertz CT molecular complexity index is 573. The van der Waals surface area contributed by atoms with E-state index in [4.69, 9.17) is 4.74 Å². The molecular formula is C15H12O2. The first kappa shape index (κ1) is 10.1. The fraction of sp³-hybridized carbons (Fsp3) is 0.133. The molecule has 2 heteroatoms. The Labute approximate surface area is 99.9 Å². The second-order valence-corrected chi connectivity index (χ2v) is 4.19. The summed E-state index contributed by atoms with van der Waals surface area (Å²) >= 11 is 0. The van der Waals surface area contributed by atoms with Crippen molar-refractivity contribution in [3.05, 3.63) is 59.2 Å². The standard InChI is InChI=1S/C15H12O2/c16-10-17-9-13-6-3-5-12-8-11-4-1-2-7-14(11)15(12)13/h1-7,10H,8-9H2. The molecule has 0 fully saturated rings. The van der Waals surface area contributed by atoms with E-state index in [0.717, 1.165) is 12.0 Å². The van der Waals surface area contributed by atoms with Crippen LogP contribution in [-0.2, 0) is 22.6 Å². The van der Waals surface area contributed by atoms with Gasteiger partial charge in [-0.15, -0.1) is 0 Å². The molecule has 1 aliphatic carbocycles. The second kappa shape index (κ2) is 4.06. The van der Waals surface area contributed by atoms with Gasteiger partial charge >= 0.3 is 0 Å². The molecule has 3 rings (SSSR count). The Hall–Kier alpha value is -2.09. The van der Waals surface area contributed by atoms with Gasteiger partial charge in [0, 0.05) is 0 Å². The Morgan fingerprint density at radius 3 is 2.76 bits per heavy atom. The Morgan fingerprint density at radius 1 is 1.06 bits per heavy atom. The first-order valence-corrected chi connectivity index (χ1v) is 5.64. The molecule has 0 amide bonds. The number of benzene rings is 2. The maximum atomic E-state index is 10.3. The summed E-state index contributed by atoms with van der Waals surface area (Å²) in [5, 5.41) is 0. The van der Waals surface area contributed by atoms with Crippen molar-refractivity contribution in [3.63, 3.8) is 0 Å². The van der Waals surface area contributed by atoms with Crippen LogP contribution in [0.1, 0.15) is 16.7 Å². The monoisotopic (exact) mass is 224 g/mol. The zero-order valence-corrected chi connectivity index (χ0v) is 9.35. The normalized spacial score (nSPS) is 11.8. The molecule has 0 heterocycles. The van der Waals surface area contributed by atoms with E-state index in [0.29, 0.717) is 13.1 Å². The lowest BCUT2D eigenvalue weighted by Gasteiger charge is -2.08. The Morgan fingerprint density at radius 2 is 1.88 bits per heavy atom. The van der Waals surface area contributed by atoms with E-state index < -0.39 is 0 Å². The quantitative estimate of drug-likeness (QED) is 0.639. The topological polar surface area (TPSA) is 26.3 Å². The van der Waals surface area contributed by atoms with Crippen LogP contribution in [0.15, 0.2) is 42.5 Å². The number of hydrogen-bond donors (Lipinski definition) is 0. The van der Waals surface area contributed by atoms with Crippen LogP contribution in [-0.4, -0.2) is 6.47 Å². The predicted octanol–water partition coefficient (Wildman–Crippen LogP) is 2.93. The smallest absolute Gasteiger partial charge is 0.293 e. The molecule has 1 aliphatic rings. The second-order valence-electron chi connectivity index (χ2n) is 4.19. The van der Waals surface area contributed by atoms with Crippen LogP contribution in [0.2, 0.25) is 0 Å². The molecular weight excluding hydrogens is 212 g/mol. The third-order valence-corrected chi connectivity index (χ3v) is 3.21. The number of carbonyl (C=O) groups is 1. The molecule has 0 aromatic heterocycles. The van der Waals surface area contributed by atoms with Crippen molar-refractivity contribution in [1.29, 1.82) is 0 Å². The molecule has 0 saturated carbocycles. The van der Waals surface area contributed by atoms with Crippen molar-refractivity contribution in [2.24, 2.45) is 0 Å². The highest BCUT2D eigenvalue weighted by Crippen LogP contribution is 2.38. The van der Waals surface area contributed by atoms with Gasteiger partial charge in [0.2, 0.25) is 0 Å². The summed E-state index contributed by atoms with van der Waals surface area (Å²) in [6.07, 6.45) is 0.973. The van der Waals surface area contributed by atoms with E-state index in [1.165, 1.54) is 22.3 Å². The highest BCUT2D eigenvalue weighted by molar-refractivity contribution is 5.79. The number of carbonyl (C=O) groups excluding carboxylic acids is 1. The summed E-state index contributed by atoms with van der Waals surface area (Å²) in [4.78, 5) is 10.3.